The number of nitrogens with zero attached hydrogens (tertiary/aromatic N) is 3. The number of hydrogen-bond acceptors (Lipinski definition) is 3. The normalized spacial score (nSPS) is 25.3. The van der Waals surface area contributed by atoms with Crippen LogP contribution in [0.2, 0.25) is 0 Å². The van der Waals surface area contributed by atoms with Crippen LogP contribution in [-0.2, 0) is 0 Å². The molecule has 0 aromatic carbocycles. The molecule has 0 aliphatic heterocycles. The second kappa shape index (κ2) is 4.11. The van der Waals surface area contributed by atoms with Crippen molar-refractivity contribution in [1.29, 1.82) is 0 Å². The van der Waals surface area contributed by atoms with Gasteiger partial charge in [0, 0.05) is 18.2 Å². The Morgan fingerprint density at radius 3 is 2.76 bits per heavy atom. The summed E-state index contributed by atoms with van der Waals surface area (Å²) >= 11 is 0. The van der Waals surface area contributed by atoms with Gasteiger partial charge in [0.25, 0.3) is 0 Å². The monoisotopic (exact) mass is 230 g/mol. The summed E-state index contributed by atoms with van der Waals surface area (Å²) in [5.74, 6) is 1.49. The fourth-order valence-corrected chi connectivity index (χ4v) is 2.61. The highest BCUT2D eigenvalue weighted by atomic mass is 15.3. The molecule has 2 N–H and O–H groups in total. The van der Waals surface area contributed by atoms with Gasteiger partial charge in [0.2, 0.25) is 0 Å². The average molecular weight is 230 g/mol. The quantitative estimate of drug-likeness (QED) is 0.815. The van der Waals surface area contributed by atoms with E-state index in [1.54, 1.807) is 0 Å². The van der Waals surface area contributed by atoms with Crippen molar-refractivity contribution in [2.75, 3.05) is 0 Å². The summed E-state index contributed by atoms with van der Waals surface area (Å²) in [6.45, 7) is 2.07. The standard InChI is InChI=1S/C13H18N4/c1-9-3-2-8-17-13(9)15-12(16-17)10-4-6-11(14)7-5-10/h2-3,8,10-11H,4-7,14H2,1H3. The van der Waals surface area contributed by atoms with Gasteiger partial charge in [0.05, 0.1) is 0 Å². The summed E-state index contributed by atoms with van der Waals surface area (Å²) in [6, 6.07) is 4.47. The van der Waals surface area contributed by atoms with E-state index < -0.39 is 0 Å². The van der Waals surface area contributed by atoms with Crippen molar-refractivity contribution in [1.82, 2.24) is 14.6 Å². The molecule has 0 radical (unpaired) electrons. The van der Waals surface area contributed by atoms with Crippen LogP contribution in [0.25, 0.3) is 5.65 Å². The molecule has 2 aromatic rings. The van der Waals surface area contributed by atoms with E-state index >= 15 is 0 Å². The molecule has 1 aliphatic rings. The second-order valence-corrected chi connectivity index (χ2v) is 5.04. The Morgan fingerprint density at radius 2 is 2.06 bits per heavy atom. The van der Waals surface area contributed by atoms with Crippen LogP contribution < -0.4 is 5.73 Å². The summed E-state index contributed by atoms with van der Waals surface area (Å²) in [6.07, 6.45) is 6.40. The van der Waals surface area contributed by atoms with E-state index in [2.05, 4.69) is 23.1 Å². The summed E-state index contributed by atoms with van der Waals surface area (Å²) in [7, 11) is 0. The van der Waals surface area contributed by atoms with Crippen LogP contribution >= 0.6 is 0 Å². The molecule has 0 bridgehead atoms. The smallest absolute Gasteiger partial charge is 0.158 e. The Labute approximate surface area is 101 Å². The first kappa shape index (κ1) is 10.7. The van der Waals surface area contributed by atoms with Crippen molar-refractivity contribution in [2.45, 2.75) is 44.6 Å². The Bertz CT molecular complexity index is 523. The molecule has 4 nitrogen and oxygen atoms in total. The number of nitrogens with two attached hydrogens (primary N) is 1. The van der Waals surface area contributed by atoms with Crippen molar-refractivity contribution < 1.29 is 0 Å². The van der Waals surface area contributed by atoms with Crippen LogP contribution in [0.4, 0.5) is 0 Å². The van der Waals surface area contributed by atoms with Crippen molar-refractivity contribution in [3.8, 4) is 0 Å². The van der Waals surface area contributed by atoms with Crippen LogP contribution in [0, 0.1) is 6.92 Å². The molecule has 4 heteroatoms. The third-order valence-electron chi connectivity index (χ3n) is 3.71. The molecule has 1 aliphatic carbocycles. The van der Waals surface area contributed by atoms with Crippen LogP contribution in [0.15, 0.2) is 18.3 Å². The number of rotatable bonds is 1. The van der Waals surface area contributed by atoms with Gasteiger partial charge in [-0.05, 0) is 44.2 Å². The summed E-state index contributed by atoms with van der Waals surface area (Å²) in [5, 5.41) is 4.59. The fourth-order valence-electron chi connectivity index (χ4n) is 2.61. The fraction of sp³-hybridized carbons (Fsp3) is 0.538. The topological polar surface area (TPSA) is 56.2 Å². The molecule has 0 saturated heterocycles. The summed E-state index contributed by atoms with van der Waals surface area (Å²) in [4.78, 5) is 4.67. The SMILES string of the molecule is Cc1cccn2nc(C3CCC(N)CC3)nc12. The molecule has 1 fully saturated rings. The Balaban J connectivity index is 1.93. The molecule has 3 rings (SSSR count). The van der Waals surface area contributed by atoms with Gasteiger partial charge in [-0.2, -0.15) is 5.10 Å². The molecule has 1 saturated carbocycles. The van der Waals surface area contributed by atoms with E-state index in [1.807, 2.05) is 16.8 Å². The largest absolute Gasteiger partial charge is 0.328 e. The van der Waals surface area contributed by atoms with E-state index in [4.69, 9.17) is 5.73 Å². The predicted molar refractivity (Wildman–Crippen MR) is 66.9 cm³/mol. The van der Waals surface area contributed by atoms with Crippen molar-refractivity contribution in [3.63, 3.8) is 0 Å². The number of hydrogen-bond donors (Lipinski definition) is 1. The highest BCUT2D eigenvalue weighted by Crippen LogP contribution is 2.30. The number of fused-ring (bicyclic) bond motifs is 1. The van der Waals surface area contributed by atoms with Gasteiger partial charge < -0.3 is 5.73 Å². The highest BCUT2D eigenvalue weighted by molar-refractivity contribution is 5.46. The van der Waals surface area contributed by atoms with Gasteiger partial charge in [0.1, 0.15) is 0 Å². The van der Waals surface area contributed by atoms with Crippen LogP contribution in [0.3, 0.4) is 0 Å². The number of aryl methyl sites for hydroxylation is 1. The van der Waals surface area contributed by atoms with Gasteiger partial charge in [-0.1, -0.05) is 6.07 Å². The van der Waals surface area contributed by atoms with Crippen LogP contribution in [-0.4, -0.2) is 20.6 Å². The van der Waals surface area contributed by atoms with Gasteiger partial charge in [-0.3, -0.25) is 0 Å². The lowest BCUT2D eigenvalue weighted by Gasteiger charge is -2.23. The lowest BCUT2D eigenvalue weighted by Crippen LogP contribution is -2.26. The summed E-state index contributed by atoms with van der Waals surface area (Å²) < 4.78 is 1.89. The predicted octanol–water partition coefficient (Wildman–Crippen LogP) is 2.02. The molecule has 17 heavy (non-hydrogen) atoms. The molecular weight excluding hydrogens is 212 g/mol. The third-order valence-corrected chi connectivity index (χ3v) is 3.71. The lowest BCUT2D eigenvalue weighted by molar-refractivity contribution is 0.385. The molecule has 0 atom stereocenters. The lowest BCUT2D eigenvalue weighted by atomic mass is 9.86. The molecule has 0 amide bonds. The molecule has 0 spiro atoms. The van der Waals surface area contributed by atoms with Gasteiger partial charge >= 0.3 is 0 Å². The minimum absolute atomic E-state index is 0.380. The molecular formula is C13H18N4. The zero-order valence-electron chi connectivity index (χ0n) is 10.1. The first-order valence-corrected chi connectivity index (χ1v) is 6.31. The molecule has 90 valence electrons. The minimum Gasteiger partial charge on any atom is -0.328 e. The van der Waals surface area contributed by atoms with Crippen LogP contribution in [0.1, 0.15) is 43.0 Å². The van der Waals surface area contributed by atoms with Crippen molar-refractivity contribution in [2.24, 2.45) is 5.73 Å². The van der Waals surface area contributed by atoms with Gasteiger partial charge in [-0.25, -0.2) is 9.50 Å². The van der Waals surface area contributed by atoms with E-state index in [1.165, 1.54) is 5.56 Å². The van der Waals surface area contributed by atoms with Crippen LogP contribution in [0.5, 0.6) is 0 Å². The first-order valence-electron chi connectivity index (χ1n) is 6.31. The van der Waals surface area contributed by atoms with Crippen molar-refractivity contribution >= 4 is 5.65 Å². The first-order chi connectivity index (χ1) is 8.24. The maximum atomic E-state index is 5.93. The molecule has 2 heterocycles. The van der Waals surface area contributed by atoms with E-state index in [9.17, 15) is 0 Å². The van der Waals surface area contributed by atoms with E-state index in [0.29, 0.717) is 12.0 Å². The van der Waals surface area contributed by atoms with Gasteiger partial charge in [-0.15, -0.1) is 0 Å². The summed E-state index contributed by atoms with van der Waals surface area (Å²) in [5.41, 5.74) is 8.09. The van der Waals surface area contributed by atoms with Gasteiger partial charge in [0.15, 0.2) is 11.5 Å². The molecule has 0 unspecified atom stereocenters. The number of aromatic nitrogens is 3. The maximum Gasteiger partial charge on any atom is 0.158 e. The Kier molecular flexibility index (Phi) is 2.59. The average Bonchev–Trinajstić information content (AvgIpc) is 2.75. The van der Waals surface area contributed by atoms with E-state index in [-0.39, 0.29) is 0 Å². The second-order valence-electron chi connectivity index (χ2n) is 5.04. The Hall–Kier alpha value is -1.42. The Morgan fingerprint density at radius 1 is 1.29 bits per heavy atom. The zero-order valence-corrected chi connectivity index (χ0v) is 10.1. The highest BCUT2D eigenvalue weighted by Gasteiger charge is 2.23. The third kappa shape index (κ3) is 1.93. The number of pyridine rings is 1. The minimum atomic E-state index is 0.380. The van der Waals surface area contributed by atoms with E-state index in [0.717, 1.165) is 37.2 Å². The zero-order chi connectivity index (χ0) is 11.8. The molecule has 2 aromatic heterocycles. The van der Waals surface area contributed by atoms with Crippen molar-refractivity contribution in [3.05, 3.63) is 29.7 Å². The maximum absolute atomic E-state index is 5.93.